The van der Waals surface area contributed by atoms with Gasteiger partial charge in [-0.2, -0.15) is 25.3 Å². The van der Waals surface area contributed by atoms with Crippen LogP contribution in [0.1, 0.15) is 46.0 Å². The first kappa shape index (κ1) is 39.5. The second kappa shape index (κ2) is 21.3. The van der Waals surface area contributed by atoms with Crippen LogP contribution in [0.3, 0.4) is 0 Å². The molecule has 0 saturated heterocycles. The van der Waals surface area contributed by atoms with Gasteiger partial charge in [0.05, 0.1) is 6.04 Å². The molecule has 0 radical (unpaired) electrons. The minimum absolute atomic E-state index is 0.0129. The molecular formula is C24H47N11O6S2. The Balaban J connectivity index is 5.97. The molecule has 0 unspecified atom stereocenters. The molecule has 15 N–H and O–H groups in total. The fraction of sp³-hybridized carbons (Fsp3) is 0.708. The second-order valence-corrected chi connectivity index (χ2v) is 10.9. The largest absolute Gasteiger partial charge is 0.480 e. The molecule has 0 aliphatic rings. The van der Waals surface area contributed by atoms with E-state index in [4.69, 9.17) is 28.0 Å². The van der Waals surface area contributed by atoms with E-state index >= 15 is 0 Å². The SMILES string of the molecule is CC(C)C[C@H](NC(=O)[C@@H](N)CS)C(=O)N[C@@H](CCCNC(=N)N)C(=O)N[C@@H](CCCNC(=N)N)C(=O)N[C@@H](CS)C(=O)O. The minimum atomic E-state index is -1.32. The van der Waals surface area contributed by atoms with Crippen molar-refractivity contribution in [2.45, 2.75) is 76.2 Å². The zero-order valence-corrected chi connectivity index (χ0v) is 26.2. The molecule has 4 amide bonds. The normalized spacial score (nSPS) is 14.3. The quantitative estimate of drug-likeness (QED) is 0.0254. The number of nitrogens with two attached hydrogens (primary N) is 3. The van der Waals surface area contributed by atoms with Crippen molar-refractivity contribution in [3.05, 3.63) is 0 Å². The number of aliphatic carboxylic acids is 1. The molecule has 0 bridgehead atoms. The number of carbonyl (C=O) groups excluding carboxylic acids is 4. The molecule has 43 heavy (non-hydrogen) atoms. The van der Waals surface area contributed by atoms with Gasteiger partial charge in [0.25, 0.3) is 0 Å². The van der Waals surface area contributed by atoms with Crippen LogP contribution in [0.15, 0.2) is 0 Å². The van der Waals surface area contributed by atoms with Gasteiger partial charge >= 0.3 is 5.97 Å². The molecule has 0 saturated carbocycles. The maximum atomic E-state index is 13.5. The van der Waals surface area contributed by atoms with Crippen molar-refractivity contribution < 1.29 is 29.1 Å². The van der Waals surface area contributed by atoms with E-state index in [1.165, 1.54) is 0 Å². The van der Waals surface area contributed by atoms with E-state index in [-0.39, 0.29) is 74.5 Å². The van der Waals surface area contributed by atoms with Crippen molar-refractivity contribution in [3.8, 4) is 0 Å². The highest BCUT2D eigenvalue weighted by Crippen LogP contribution is 2.08. The Hall–Kier alpha value is -3.45. The van der Waals surface area contributed by atoms with E-state index in [1.54, 1.807) is 0 Å². The molecule has 0 aliphatic heterocycles. The number of carboxylic acid groups (broad SMARTS) is 1. The molecule has 0 fully saturated rings. The Morgan fingerprint density at radius 2 is 1.09 bits per heavy atom. The summed E-state index contributed by atoms with van der Waals surface area (Å²) in [7, 11) is 0. The Kier molecular flexibility index (Phi) is 19.6. The van der Waals surface area contributed by atoms with E-state index in [2.05, 4.69) is 57.2 Å². The third-order valence-corrected chi connectivity index (χ3v) is 6.67. The smallest absolute Gasteiger partial charge is 0.327 e. The maximum Gasteiger partial charge on any atom is 0.327 e. The van der Waals surface area contributed by atoms with Crippen molar-refractivity contribution in [1.29, 1.82) is 10.8 Å². The molecule has 5 atom stereocenters. The first-order valence-corrected chi connectivity index (χ1v) is 15.0. The number of carboxylic acids is 1. The monoisotopic (exact) mass is 649 g/mol. The van der Waals surface area contributed by atoms with Crippen molar-refractivity contribution >= 4 is 66.8 Å². The van der Waals surface area contributed by atoms with Crippen molar-refractivity contribution in [1.82, 2.24) is 31.9 Å². The summed E-state index contributed by atoms with van der Waals surface area (Å²) in [6.45, 7) is 4.11. The number of rotatable bonds is 21. The van der Waals surface area contributed by atoms with E-state index in [9.17, 15) is 29.1 Å². The molecule has 0 spiro atoms. The molecule has 19 heteroatoms. The van der Waals surface area contributed by atoms with Crippen LogP contribution >= 0.6 is 25.3 Å². The van der Waals surface area contributed by atoms with Gasteiger partial charge in [0.15, 0.2) is 11.9 Å². The number of nitrogens with one attached hydrogen (secondary N) is 8. The zero-order chi connectivity index (χ0) is 33.1. The Bertz CT molecular complexity index is 972. The van der Waals surface area contributed by atoms with Crippen LogP contribution in [0, 0.1) is 16.7 Å². The standard InChI is InChI=1S/C24H47N11O6S2/c1-12(2)9-16(34-18(36)13(25)10-42)21(39)33-14(5-3-7-30-23(26)27)19(37)32-15(6-4-8-31-24(28)29)20(38)35-17(11-43)22(40)41/h12-17,42-43H,3-11,25H2,1-2H3,(H,32,37)(H,33,39)(H,34,36)(H,35,38)(H,40,41)(H4,26,27,30)(H4,28,29,31)/t13-,14-,15-,16-,17-/m0/s1. The second-order valence-electron chi connectivity index (χ2n) is 10.1. The molecular weight excluding hydrogens is 602 g/mol. The molecule has 17 nitrogen and oxygen atoms in total. The van der Waals surface area contributed by atoms with Gasteiger partial charge in [-0.3, -0.25) is 30.0 Å². The van der Waals surface area contributed by atoms with Gasteiger partial charge in [0, 0.05) is 24.6 Å². The molecule has 0 aliphatic carbocycles. The third kappa shape index (κ3) is 17.3. The van der Waals surface area contributed by atoms with Crippen molar-refractivity contribution in [2.75, 3.05) is 24.6 Å². The summed E-state index contributed by atoms with van der Waals surface area (Å²) in [5.74, 6) is -4.80. The number of hydrogen-bond acceptors (Lipinski definition) is 10. The van der Waals surface area contributed by atoms with Gasteiger partial charge in [-0.05, 0) is 38.0 Å². The lowest BCUT2D eigenvalue weighted by Gasteiger charge is -2.27. The van der Waals surface area contributed by atoms with Crippen LogP contribution in [0.2, 0.25) is 0 Å². The molecule has 0 heterocycles. The van der Waals surface area contributed by atoms with Crippen molar-refractivity contribution in [3.63, 3.8) is 0 Å². The fourth-order valence-corrected chi connectivity index (χ4v) is 4.08. The number of hydrogen-bond donors (Lipinski definition) is 14. The highest BCUT2D eigenvalue weighted by atomic mass is 32.1. The first-order valence-electron chi connectivity index (χ1n) is 13.7. The highest BCUT2D eigenvalue weighted by molar-refractivity contribution is 7.80. The Morgan fingerprint density at radius 1 is 0.698 bits per heavy atom. The molecule has 0 aromatic heterocycles. The molecule has 0 aromatic rings. The predicted octanol–water partition coefficient (Wildman–Crippen LogP) is -3.23. The lowest BCUT2D eigenvalue weighted by Crippen LogP contribution is -2.59. The summed E-state index contributed by atoms with van der Waals surface area (Å²) < 4.78 is 0. The van der Waals surface area contributed by atoms with Crippen LogP contribution in [0.5, 0.6) is 0 Å². The first-order chi connectivity index (χ1) is 20.1. The summed E-state index contributed by atoms with van der Waals surface area (Å²) in [6, 6.07) is -5.68. The average molecular weight is 650 g/mol. The lowest BCUT2D eigenvalue weighted by atomic mass is 10.0. The van der Waals surface area contributed by atoms with Crippen LogP contribution in [-0.2, 0) is 24.0 Å². The van der Waals surface area contributed by atoms with Gasteiger partial charge in [-0.25, -0.2) is 4.79 Å². The van der Waals surface area contributed by atoms with E-state index in [1.807, 2.05) is 13.8 Å². The molecule has 0 rings (SSSR count). The number of thiol groups is 2. The number of guanidine groups is 2. The van der Waals surface area contributed by atoms with E-state index in [0.717, 1.165) is 0 Å². The number of amides is 4. The molecule has 246 valence electrons. The Labute approximate surface area is 262 Å². The third-order valence-electron chi connectivity index (χ3n) is 5.91. The van der Waals surface area contributed by atoms with Crippen molar-refractivity contribution in [2.24, 2.45) is 23.1 Å². The van der Waals surface area contributed by atoms with Gasteiger partial charge < -0.3 is 54.2 Å². The summed E-state index contributed by atoms with van der Waals surface area (Å²) in [5.41, 5.74) is 16.3. The minimum Gasteiger partial charge on any atom is -0.480 e. The summed E-state index contributed by atoms with van der Waals surface area (Å²) in [6.07, 6.45) is 0.890. The van der Waals surface area contributed by atoms with Gasteiger partial charge in [0.1, 0.15) is 24.2 Å². The van der Waals surface area contributed by atoms with Gasteiger partial charge in [-0.1, -0.05) is 13.8 Å². The number of carbonyl (C=O) groups is 5. The average Bonchev–Trinajstić information content (AvgIpc) is 2.92. The van der Waals surface area contributed by atoms with Gasteiger partial charge in [-0.15, -0.1) is 0 Å². The Morgan fingerprint density at radius 3 is 1.44 bits per heavy atom. The van der Waals surface area contributed by atoms with Crippen LogP contribution in [0.25, 0.3) is 0 Å². The summed E-state index contributed by atoms with van der Waals surface area (Å²) in [5, 5.41) is 39.2. The lowest BCUT2D eigenvalue weighted by molar-refractivity contribution is -0.141. The van der Waals surface area contributed by atoms with E-state index in [0.29, 0.717) is 0 Å². The van der Waals surface area contributed by atoms with E-state index < -0.39 is 59.8 Å². The fourth-order valence-electron chi connectivity index (χ4n) is 3.66. The summed E-state index contributed by atoms with van der Waals surface area (Å²) >= 11 is 7.95. The highest BCUT2D eigenvalue weighted by Gasteiger charge is 2.31. The maximum absolute atomic E-state index is 13.5. The van der Waals surface area contributed by atoms with Crippen LogP contribution < -0.4 is 49.1 Å². The molecule has 0 aromatic carbocycles. The zero-order valence-electron chi connectivity index (χ0n) is 24.4. The topological polar surface area (TPSA) is 304 Å². The predicted molar refractivity (Wildman–Crippen MR) is 169 cm³/mol. The van der Waals surface area contributed by atoms with Gasteiger partial charge in [0.2, 0.25) is 23.6 Å². The van der Waals surface area contributed by atoms with Crippen LogP contribution in [0.4, 0.5) is 0 Å². The summed E-state index contributed by atoms with van der Waals surface area (Å²) in [4.78, 5) is 63.6. The van der Waals surface area contributed by atoms with Crippen LogP contribution in [-0.4, -0.2) is 101 Å².